The largest absolute Gasteiger partial charge is 0.480 e. The topological polar surface area (TPSA) is 193 Å². The van der Waals surface area contributed by atoms with Crippen LogP contribution in [0.15, 0.2) is 23.1 Å². The van der Waals surface area contributed by atoms with Crippen LogP contribution >= 0.6 is 0 Å². The van der Waals surface area contributed by atoms with Crippen LogP contribution in [0, 0.1) is 0 Å². The molecule has 1 aromatic carbocycles. The summed E-state index contributed by atoms with van der Waals surface area (Å²) in [7, 11) is -5.34. The van der Waals surface area contributed by atoms with Crippen LogP contribution in [-0.2, 0) is 41.6 Å². The summed E-state index contributed by atoms with van der Waals surface area (Å²) in [6, 6.07) is -0.538. The molecule has 0 saturated heterocycles. The number of carboxylic acid groups (broad SMARTS) is 4. The van der Waals surface area contributed by atoms with Crippen molar-refractivity contribution >= 4 is 33.9 Å². The number of hydrogen-bond acceptors (Lipinski definition) is 8. The van der Waals surface area contributed by atoms with Gasteiger partial charge in [-0.2, -0.15) is 30.6 Å². The molecule has 0 amide bonds. The maximum Gasteiger partial charge on any atom is 0.416 e. The first kappa shape index (κ1) is 34.5. The lowest BCUT2D eigenvalue weighted by Gasteiger charge is -2.27. The SMILES string of the molecule is O=C(O)CN(CCN(CC(=O)O)CC(=O)O)CCN(CC(=O)O)S(=O)(=O)c1cc(C(F)(F)F)cc(C(F)(F)F)c1. The van der Waals surface area contributed by atoms with Crippen molar-refractivity contribution in [1.82, 2.24) is 14.1 Å². The van der Waals surface area contributed by atoms with Gasteiger partial charge in [-0.3, -0.25) is 29.0 Å². The molecule has 0 aliphatic rings. The van der Waals surface area contributed by atoms with Crippen LogP contribution in [0.4, 0.5) is 26.3 Å². The normalized spacial score (nSPS) is 12.7. The maximum atomic E-state index is 13.2. The van der Waals surface area contributed by atoms with E-state index in [9.17, 15) is 53.9 Å². The molecule has 0 aliphatic heterocycles. The molecule has 0 heterocycles. The van der Waals surface area contributed by atoms with Gasteiger partial charge >= 0.3 is 36.2 Å². The zero-order chi connectivity index (χ0) is 31.1. The Morgan fingerprint density at radius 3 is 1.32 bits per heavy atom. The fraction of sp³-hybridized carbons (Fsp3) is 0.500. The van der Waals surface area contributed by atoms with Crippen molar-refractivity contribution in [3.05, 3.63) is 29.3 Å². The van der Waals surface area contributed by atoms with Gasteiger partial charge in [-0.25, -0.2) is 8.42 Å². The van der Waals surface area contributed by atoms with E-state index in [1.165, 1.54) is 0 Å². The van der Waals surface area contributed by atoms with E-state index in [0.29, 0.717) is 0 Å². The van der Waals surface area contributed by atoms with Crippen LogP contribution in [0.1, 0.15) is 11.1 Å². The Hall–Kier alpha value is -3.49. The molecule has 226 valence electrons. The molecule has 0 aromatic heterocycles. The van der Waals surface area contributed by atoms with Crippen LogP contribution in [0.5, 0.6) is 0 Å². The fourth-order valence-electron chi connectivity index (χ4n) is 3.25. The van der Waals surface area contributed by atoms with Gasteiger partial charge in [-0.1, -0.05) is 0 Å². The number of carboxylic acids is 4. The van der Waals surface area contributed by atoms with E-state index in [-0.39, 0.29) is 29.0 Å². The van der Waals surface area contributed by atoms with E-state index in [1.807, 2.05) is 0 Å². The van der Waals surface area contributed by atoms with Crippen molar-refractivity contribution < 1.29 is 74.4 Å². The first-order chi connectivity index (χ1) is 18.1. The average Bonchev–Trinajstić information content (AvgIpc) is 2.76. The highest BCUT2D eigenvalue weighted by Crippen LogP contribution is 2.37. The van der Waals surface area contributed by atoms with Gasteiger partial charge < -0.3 is 20.4 Å². The number of aliphatic carboxylic acids is 4. The smallest absolute Gasteiger partial charge is 0.416 e. The van der Waals surface area contributed by atoms with Crippen LogP contribution in [0.25, 0.3) is 0 Å². The third-order valence-corrected chi connectivity index (χ3v) is 6.81. The lowest BCUT2D eigenvalue weighted by Crippen LogP contribution is -2.45. The number of halogens is 6. The minimum atomic E-state index is -5.40. The number of rotatable bonds is 16. The van der Waals surface area contributed by atoms with Gasteiger partial charge in [-0.05, 0) is 18.2 Å². The predicted octanol–water partition coefficient (Wildman–Crippen LogP) is 0.657. The molecule has 1 aromatic rings. The second-order valence-corrected chi connectivity index (χ2v) is 10.1. The lowest BCUT2D eigenvalue weighted by molar-refractivity contribution is -0.144. The summed E-state index contributed by atoms with van der Waals surface area (Å²) in [4.78, 5) is 44.7. The minimum Gasteiger partial charge on any atom is -0.480 e. The molecule has 0 atom stereocenters. The predicted molar refractivity (Wildman–Crippen MR) is 119 cm³/mol. The molecule has 0 bridgehead atoms. The van der Waals surface area contributed by atoms with Gasteiger partial charge in [0.15, 0.2) is 0 Å². The van der Waals surface area contributed by atoms with Crippen molar-refractivity contribution in [2.75, 3.05) is 52.4 Å². The number of hydrogen-bond donors (Lipinski definition) is 4. The molecule has 4 N–H and O–H groups in total. The number of alkyl halides is 6. The van der Waals surface area contributed by atoms with E-state index in [0.717, 1.165) is 9.80 Å². The van der Waals surface area contributed by atoms with E-state index >= 15 is 0 Å². The van der Waals surface area contributed by atoms with Crippen LogP contribution in [0.2, 0.25) is 0 Å². The van der Waals surface area contributed by atoms with Crippen LogP contribution in [0.3, 0.4) is 0 Å². The highest BCUT2D eigenvalue weighted by molar-refractivity contribution is 7.89. The molecule has 0 unspecified atom stereocenters. The number of carbonyl (C=O) groups is 4. The molecule has 1 rings (SSSR count). The summed E-state index contributed by atoms with van der Waals surface area (Å²) in [5.74, 6) is -6.19. The Kier molecular flexibility index (Phi) is 11.9. The first-order valence-electron chi connectivity index (χ1n) is 10.7. The van der Waals surface area contributed by atoms with Crippen molar-refractivity contribution in [2.24, 2.45) is 0 Å². The second-order valence-electron chi connectivity index (χ2n) is 8.14. The standard InChI is InChI=1S/C20H23F6N3O10S/c21-19(22,23)12-5-13(20(24,25)26)7-14(6-12)40(38,39)29(11-18(36)37)4-3-27(8-15(30)31)1-2-28(9-16(32)33)10-17(34)35/h5-7H,1-4,8-11H2,(H,30,31)(H,32,33)(H,34,35)(H,36,37). The zero-order valence-electron chi connectivity index (χ0n) is 20.1. The van der Waals surface area contributed by atoms with E-state index in [2.05, 4.69) is 0 Å². The minimum absolute atomic E-state index is 0.0338. The van der Waals surface area contributed by atoms with E-state index in [4.69, 9.17) is 20.4 Å². The van der Waals surface area contributed by atoms with Gasteiger partial charge in [0.1, 0.15) is 6.54 Å². The molecule has 0 spiro atoms. The number of benzene rings is 1. The molecule has 20 heteroatoms. The zero-order valence-corrected chi connectivity index (χ0v) is 21.0. The Morgan fingerprint density at radius 2 is 0.950 bits per heavy atom. The summed E-state index contributed by atoms with van der Waals surface area (Å²) < 4.78 is 105. The van der Waals surface area contributed by atoms with Gasteiger partial charge in [0.05, 0.1) is 35.7 Å². The Morgan fingerprint density at radius 1 is 0.600 bits per heavy atom. The molecular weight excluding hydrogens is 588 g/mol. The molecular formula is C20H23F6N3O10S. The summed E-state index contributed by atoms with van der Waals surface area (Å²) in [6.45, 7) is -6.17. The molecule has 0 fully saturated rings. The van der Waals surface area contributed by atoms with Crippen molar-refractivity contribution in [2.45, 2.75) is 17.2 Å². The van der Waals surface area contributed by atoms with Crippen molar-refractivity contribution in [3.63, 3.8) is 0 Å². The third kappa shape index (κ3) is 11.3. The monoisotopic (exact) mass is 611 g/mol. The second kappa shape index (κ2) is 13.7. The van der Waals surface area contributed by atoms with Gasteiger partial charge in [0, 0.05) is 26.2 Å². The summed E-state index contributed by atoms with van der Waals surface area (Å²) in [5, 5.41) is 36.0. The summed E-state index contributed by atoms with van der Waals surface area (Å²) in [6.07, 6.45) is -10.8. The van der Waals surface area contributed by atoms with Gasteiger partial charge in [0.25, 0.3) is 0 Å². The van der Waals surface area contributed by atoms with Gasteiger partial charge in [0.2, 0.25) is 10.0 Å². The first-order valence-corrected chi connectivity index (χ1v) is 12.2. The lowest BCUT2D eigenvalue weighted by atomic mass is 10.1. The van der Waals surface area contributed by atoms with Crippen LogP contribution in [-0.4, -0.2) is 119 Å². The quantitative estimate of drug-likeness (QED) is 0.191. The molecule has 0 radical (unpaired) electrons. The van der Waals surface area contributed by atoms with E-state index in [1.54, 1.807) is 0 Å². The Labute approximate surface area is 221 Å². The Balaban J connectivity index is 3.36. The number of nitrogens with zero attached hydrogens (tertiary/aromatic N) is 3. The average molecular weight is 611 g/mol. The summed E-state index contributed by atoms with van der Waals surface area (Å²) >= 11 is 0. The third-order valence-electron chi connectivity index (χ3n) is 4.99. The number of sulfonamides is 1. The van der Waals surface area contributed by atoms with Crippen molar-refractivity contribution in [1.29, 1.82) is 0 Å². The highest BCUT2D eigenvalue weighted by Gasteiger charge is 2.39. The van der Waals surface area contributed by atoms with E-state index < -0.39 is 108 Å². The highest BCUT2D eigenvalue weighted by atomic mass is 32.2. The molecule has 40 heavy (non-hydrogen) atoms. The fourth-order valence-corrected chi connectivity index (χ4v) is 4.71. The molecule has 0 aliphatic carbocycles. The molecule has 0 saturated carbocycles. The van der Waals surface area contributed by atoms with Crippen LogP contribution < -0.4 is 0 Å². The van der Waals surface area contributed by atoms with Crippen molar-refractivity contribution in [3.8, 4) is 0 Å². The molecule has 13 nitrogen and oxygen atoms in total. The summed E-state index contributed by atoms with van der Waals surface area (Å²) in [5.41, 5.74) is -3.94. The Bertz CT molecular complexity index is 1160. The maximum absolute atomic E-state index is 13.2. The van der Waals surface area contributed by atoms with Gasteiger partial charge in [-0.15, -0.1) is 0 Å².